The van der Waals surface area contributed by atoms with E-state index in [-0.39, 0.29) is 0 Å². The van der Waals surface area contributed by atoms with Crippen LogP contribution < -0.4 is 0 Å². The van der Waals surface area contributed by atoms with Gasteiger partial charge in [0.25, 0.3) is 0 Å². The van der Waals surface area contributed by atoms with E-state index in [0.29, 0.717) is 4.48 Å². The van der Waals surface area contributed by atoms with E-state index in [4.69, 9.17) is 0 Å². The van der Waals surface area contributed by atoms with Crippen molar-refractivity contribution < 1.29 is 9.28 Å². The average Bonchev–Trinajstić information content (AvgIpc) is 1.68. The number of carbonyl (C=O) groups is 1. The number of rotatable bonds is 2. The van der Waals surface area contributed by atoms with Crippen molar-refractivity contribution in [1.29, 1.82) is 0 Å². The Kier molecular flexibility index (Phi) is 1.96. The standard InChI is InChI=1S/C5H12NO/c1-4-6(2,3)5-7/h5H,4H2,1-3H3/q+1. The summed E-state index contributed by atoms with van der Waals surface area (Å²) in [6, 6.07) is 0. The molecule has 2 heteroatoms. The number of carbonyl (C=O) groups excluding carboxylic acids is 1. The number of hydrogen-bond donors (Lipinski definition) is 0. The predicted molar refractivity (Wildman–Crippen MR) is 28.7 cm³/mol. The molecule has 0 saturated heterocycles. The van der Waals surface area contributed by atoms with Gasteiger partial charge in [-0.15, -0.1) is 0 Å². The summed E-state index contributed by atoms with van der Waals surface area (Å²) in [5.41, 5.74) is 0. The summed E-state index contributed by atoms with van der Waals surface area (Å²) in [6.45, 7) is 2.85. The van der Waals surface area contributed by atoms with Crippen molar-refractivity contribution in [3.63, 3.8) is 0 Å². The lowest BCUT2D eigenvalue weighted by Crippen LogP contribution is -2.37. The van der Waals surface area contributed by atoms with Crippen LogP contribution in [0, 0.1) is 0 Å². The van der Waals surface area contributed by atoms with E-state index in [1.54, 1.807) is 0 Å². The van der Waals surface area contributed by atoms with Gasteiger partial charge in [-0.25, -0.2) is 4.79 Å². The molecule has 0 rings (SSSR count). The first kappa shape index (κ1) is 6.63. The Morgan fingerprint density at radius 3 is 2.00 bits per heavy atom. The smallest absolute Gasteiger partial charge is 0.268 e. The maximum Gasteiger partial charge on any atom is 0.301 e. The number of amides is 1. The summed E-state index contributed by atoms with van der Waals surface area (Å²) >= 11 is 0. The van der Waals surface area contributed by atoms with Gasteiger partial charge in [-0.05, 0) is 6.92 Å². The number of quaternary nitrogens is 1. The summed E-state index contributed by atoms with van der Waals surface area (Å²) in [5.74, 6) is 0. The van der Waals surface area contributed by atoms with E-state index in [1.165, 1.54) is 0 Å². The fourth-order valence-corrected chi connectivity index (χ4v) is 0.0745. The van der Waals surface area contributed by atoms with Gasteiger partial charge in [0.15, 0.2) is 0 Å². The Balaban J connectivity index is 3.58. The molecule has 2 nitrogen and oxygen atoms in total. The fourth-order valence-electron chi connectivity index (χ4n) is 0.0745. The molecule has 0 aliphatic heterocycles. The highest BCUT2D eigenvalue weighted by atomic mass is 16.1. The van der Waals surface area contributed by atoms with Crippen LogP contribution in [0.4, 0.5) is 0 Å². The van der Waals surface area contributed by atoms with Crippen LogP contribution >= 0.6 is 0 Å². The van der Waals surface area contributed by atoms with Gasteiger partial charge >= 0.3 is 6.41 Å². The third kappa shape index (κ3) is 2.34. The Hall–Kier alpha value is -0.370. The molecule has 0 atom stereocenters. The van der Waals surface area contributed by atoms with E-state index in [0.717, 1.165) is 13.0 Å². The van der Waals surface area contributed by atoms with E-state index in [1.807, 2.05) is 21.0 Å². The molecule has 0 unspecified atom stereocenters. The van der Waals surface area contributed by atoms with Gasteiger partial charge in [0.2, 0.25) is 0 Å². The van der Waals surface area contributed by atoms with Crippen molar-refractivity contribution in [1.82, 2.24) is 0 Å². The molecule has 0 aromatic heterocycles. The van der Waals surface area contributed by atoms with Gasteiger partial charge in [-0.1, -0.05) is 0 Å². The zero-order chi connectivity index (χ0) is 5.91. The summed E-state index contributed by atoms with van der Waals surface area (Å²) in [6.07, 6.45) is 0.931. The lowest BCUT2D eigenvalue weighted by atomic mass is 10.6. The molecule has 42 valence electrons. The predicted octanol–water partition coefficient (Wildman–Crippen LogP) is 0.239. The summed E-state index contributed by atoms with van der Waals surface area (Å²) in [5, 5.41) is 0. The highest BCUT2D eigenvalue weighted by molar-refractivity contribution is 5.36. The third-order valence-corrected chi connectivity index (χ3v) is 1.10. The normalized spacial score (nSPS) is 11.3. The lowest BCUT2D eigenvalue weighted by Gasteiger charge is -2.17. The molecule has 0 aliphatic rings. The first-order chi connectivity index (χ1) is 3.12. The van der Waals surface area contributed by atoms with Crippen molar-refractivity contribution in [2.45, 2.75) is 6.92 Å². The molecule has 0 bridgehead atoms. The minimum Gasteiger partial charge on any atom is -0.268 e. The molecule has 0 saturated carbocycles. The molecule has 7 heavy (non-hydrogen) atoms. The fraction of sp³-hybridized carbons (Fsp3) is 0.800. The van der Waals surface area contributed by atoms with Crippen molar-refractivity contribution in [2.24, 2.45) is 0 Å². The highest BCUT2D eigenvalue weighted by Crippen LogP contribution is 1.85. The number of nitrogens with zero attached hydrogens (tertiary/aromatic N) is 1. The van der Waals surface area contributed by atoms with Gasteiger partial charge in [-0.2, -0.15) is 0 Å². The van der Waals surface area contributed by atoms with Gasteiger partial charge < -0.3 is 0 Å². The van der Waals surface area contributed by atoms with Gasteiger partial charge in [0, 0.05) is 0 Å². The molecule has 0 N–H and O–H groups in total. The van der Waals surface area contributed by atoms with E-state index in [2.05, 4.69) is 0 Å². The summed E-state index contributed by atoms with van der Waals surface area (Å²) < 4.78 is 0.458. The van der Waals surface area contributed by atoms with Crippen molar-refractivity contribution in [3.05, 3.63) is 0 Å². The maximum absolute atomic E-state index is 10.0. The molecule has 0 aromatic carbocycles. The zero-order valence-corrected chi connectivity index (χ0v) is 5.14. The number of hydrogen-bond acceptors (Lipinski definition) is 1. The van der Waals surface area contributed by atoms with Gasteiger partial charge in [0.1, 0.15) is 0 Å². The summed E-state index contributed by atoms with van der Waals surface area (Å²) in [4.78, 5) is 10.0. The second-order valence-electron chi connectivity index (χ2n) is 2.20. The SMILES string of the molecule is CC[N+](C)(C)C=O. The minimum absolute atomic E-state index is 0.458. The molecule has 0 aliphatic carbocycles. The van der Waals surface area contributed by atoms with Crippen molar-refractivity contribution in [3.8, 4) is 0 Å². The molecule has 0 heterocycles. The lowest BCUT2D eigenvalue weighted by molar-refractivity contribution is -0.802. The molecule has 1 amide bonds. The van der Waals surface area contributed by atoms with Crippen LogP contribution in [0.5, 0.6) is 0 Å². The Morgan fingerprint density at radius 2 is 2.00 bits per heavy atom. The van der Waals surface area contributed by atoms with Crippen molar-refractivity contribution >= 4 is 6.41 Å². The van der Waals surface area contributed by atoms with Crippen LogP contribution in [0.25, 0.3) is 0 Å². The van der Waals surface area contributed by atoms with Crippen LogP contribution in [0.2, 0.25) is 0 Å². The van der Waals surface area contributed by atoms with E-state index >= 15 is 0 Å². The zero-order valence-electron chi connectivity index (χ0n) is 5.14. The quantitative estimate of drug-likeness (QED) is 0.360. The second-order valence-corrected chi connectivity index (χ2v) is 2.20. The van der Waals surface area contributed by atoms with Gasteiger partial charge in [0.05, 0.1) is 20.6 Å². The molecular formula is C5H12NO+. The Bertz CT molecular complexity index is 68.5. The van der Waals surface area contributed by atoms with Gasteiger partial charge in [-0.3, -0.25) is 4.48 Å². The topological polar surface area (TPSA) is 17.1 Å². The highest BCUT2D eigenvalue weighted by Gasteiger charge is 2.06. The van der Waals surface area contributed by atoms with Crippen LogP contribution in [-0.4, -0.2) is 31.5 Å². The third-order valence-electron chi connectivity index (χ3n) is 1.10. The van der Waals surface area contributed by atoms with E-state index in [9.17, 15) is 4.79 Å². The first-order valence-electron chi connectivity index (χ1n) is 2.41. The van der Waals surface area contributed by atoms with Crippen LogP contribution in [0.3, 0.4) is 0 Å². The maximum atomic E-state index is 10.0. The van der Waals surface area contributed by atoms with E-state index < -0.39 is 0 Å². The molecule has 0 aromatic rings. The Labute approximate surface area is 44.3 Å². The molecular weight excluding hydrogens is 90.1 g/mol. The van der Waals surface area contributed by atoms with Crippen LogP contribution in [0.15, 0.2) is 0 Å². The molecule has 0 radical (unpaired) electrons. The second kappa shape index (κ2) is 2.07. The van der Waals surface area contributed by atoms with Crippen LogP contribution in [0.1, 0.15) is 6.92 Å². The average molecular weight is 102 g/mol. The summed E-state index contributed by atoms with van der Waals surface area (Å²) in [7, 11) is 3.74. The minimum atomic E-state index is 0.458. The van der Waals surface area contributed by atoms with Crippen LogP contribution in [-0.2, 0) is 4.79 Å². The largest absolute Gasteiger partial charge is 0.301 e. The monoisotopic (exact) mass is 102 g/mol. The first-order valence-corrected chi connectivity index (χ1v) is 2.41. The molecule has 0 spiro atoms. The Morgan fingerprint density at radius 1 is 1.57 bits per heavy atom. The van der Waals surface area contributed by atoms with Crippen molar-refractivity contribution in [2.75, 3.05) is 20.6 Å². The molecule has 0 fully saturated rings.